The number of carbonyl (C=O) groups excluding carboxylic acids is 2. The minimum atomic E-state index is -0.348. The van der Waals surface area contributed by atoms with Crippen LogP contribution in [0, 0.1) is 0 Å². The summed E-state index contributed by atoms with van der Waals surface area (Å²) in [4.78, 5) is 24.9. The molecule has 0 atom stereocenters. The van der Waals surface area contributed by atoms with E-state index in [4.69, 9.17) is 21.7 Å². The van der Waals surface area contributed by atoms with E-state index in [2.05, 4.69) is 22.9 Å². The van der Waals surface area contributed by atoms with Gasteiger partial charge < -0.3 is 20.1 Å². The predicted molar refractivity (Wildman–Crippen MR) is 130 cm³/mol. The van der Waals surface area contributed by atoms with E-state index in [1.807, 2.05) is 0 Å². The molecule has 8 heteroatoms. The largest absolute Gasteiger partial charge is 0.494 e. The summed E-state index contributed by atoms with van der Waals surface area (Å²) in [6.45, 7) is 3.64. The molecule has 0 aliphatic carbocycles. The fraction of sp³-hybridized carbons (Fsp3) is 0.375. The summed E-state index contributed by atoms with van der Waals surface area (Å²) in [5, 5.41) is 8.42. The average molecular weight is 458 g/mol. The maximum atomic E-state index is 12.5. The van der Waals surface area contributed by atoms with Crippen LogP contribution in [0.3, 0.4) is 0 Å². The van der Waals surface area contributed by atoms with E-state index in [0.29, 0.717) is 36.6 Å². The standard InChI is InChI=1S/C24H31N3O4S/c1-3-4-5-8-16-31-19-13-11-18(12-14-19)22(28)27-24(32)26-21-10-7-6-9-20(21)23(29)25-15-17-30-2/h6-7,9-14H,3-5,8,15-17H2,1-2H3,(H,25,29)(H2,26,27,28,32). The van der Waals surface area contributed by atoms with E-state index < -0.39 is 0 Å². The summed E-state index contributed by atoms with van der Waals surface area (Å²) in [5.74, 6) is 0.121. The number of hydrogen-bond acceptors (Lipinski definition) is 5. The molecule has 2 rings (SSSR count). The molecule has 0 radical (unpaired) electrons. The number of nitrogens with one attached hydrogen (secondary N) is 3. The third-order valence-corrected chi connectivity index (χ3v) is 4.83. The second kappa shape index (κ2) is 14.2. The summed E-state index contributed by atoms with van der Waals surface area (Å²) in [5.41, 5.74) is 1.37. The molecule has 172 valence electrons. The van der Waals surface area contributed by atoms with Crippen molar-refractivity contribution in [3.8, 4) is 5.75 Å². The van der Waals surface area contributed by atoms with Gasteiger partial charge in [0, 0.05) is 19.2 Å². The van der Waals surface area contributed by atoms with Crippen LogP contribution in [0.4, 0.5) is 5.69 Å². The Balaban J connectivity index is 1.88. The van der Waals surface area contributed by atoms with Gasteiger partial charge in [-0.1, -0.05) is 38.3 Å². The number of anilines is 1. The number of amides is 2. The number of para-hydroxylation sites is 1. The molecule has 2 aromatic rings. The lowest BCUT2D eigenvalue weighted by Crippen LogP contribution is -2.35. The SMILES string of the molecule is CCCCCCOc1ccc(C(=O)NC(=S)Nc2ccccc2C(=O)NCCOC)cc1. The van der Waals surface area contributed by atoms with Crippen molar-refractivity contribution >= 4 is 34.8 Å². The Hall–Kier alpha value is -2.97. The van der Waals surface area contributed by atoms with E-state index in [-0.39, 0.29) is 16.9 Å². The lowest BCUT2D eigenvalue weighted by atomic mass is 10.1. The van der Waals surface area contributed by atoms with Crippen LogP contribution in [0.15, 0.2) is 48.5 Å². The van der Waals surface area contributed by atoms with Gasteiger partial charge in [0.1, 0.15) is 5.75 Å². The summed E-state index contributed by atoms with van der Waals surface area (Å²) < 4.78 is 10.6. The van der Waals surface area contributed by atoms with Gasteiger partial charge in [-0.25, -0.2) is 0 Å². The number of rotatable bonds is 12. The van der Waals surface area contributed by atoms with Crippen LogP contribution in [0.5, 0.6) is 5.75 Å². The smallest absolute Gasteiger partial charge is 0.257 e. The number of carbonyl (C=O) groups is 2. The Morgan fingerprint density at radius 1 is 0.938 bits per heavy atom. The number of unbranched alkanes of at least 4 members (excludes halogenated alkanes) is 3. The van der Waals surface area contributed by atoms with Crippen LogP contribution in [-0.4, -0.2) is 43.8 Å². The Bertz CT molecular complexity index is 887. The highest BCUT2D eigenvalue weighted by Gasteiger charge is 2.13. The zero-order valence-electron chi connectivity index (χ0n) is 18.6. The first-order chi connectivity index (χ1) is 15.5. The summed E-state index contributed by atoms with van der Waals surface area (Å²) in [7, 11) is 1.57. The van der Waals surface area contributed by atoms with Gasteiger partial charge in [0.05, 0.1) is 24.5 Å². The Kier molecular flexibility index (Phi) is 11.2. The lowest BCUT2D eigenvalue weighted by Gasteiger charge is -2.14. The minimum Gasteiger partial charge on any atom is -0.494 e. The molecule has 0 heterocycles. The summed E-state index contributed by atoms with van der Waals surface area (Å²) in [6.07, 6.45) is 4.56. The Morgan fingerprint density at radius 3 is 2.41 bits per heavy atom. The highest BCUT2D eigenvalue weighted by molar-refractivity contribution is 7.80. The fourth-order valence-corrected chi connectivity index (χ4v) is 3.10. The van der Waals surface area contributed by atoms with E-state index in [1.165, 1.54) is 12.8 Å². The monoisotopic (exact) mass is 457 g/mol. The summed E-state index contributed by atoms with van der Waals surface area (Å²) in [6, 6.07) is 13.8. The molecule has 0 aliphatic heterocycles. The van der Waals surface area contributed by atoms with Crippen molar-refractivity contribution < 1.29 is 19.1 Å². The van der Waals surface area contributed by atoms with Crippen molar-refractivity contribution in [3.63, 3.8) is 0 Å². The predicted octanol–water partition coefficient (Wildman–Crippen LogP) is 4.15. The molecule has 0 saturated heterocycles. The number of methoxy groups -OCH3 is 1. The lowest BCUT2D eigenvalue weighted by molar-refractivity contribution is 0.0936. The molecule has 3 N–H and O–H groups in total. The van der Waals surface area contributed by atoms with Crippen molar-refractivity contribution in [1.29, 1.82) is 0 Å². The first-order valence-corrected chi connectivity index (χ1v) is 11.2. The van der Waals surface area contributed by atoms with Crippen LogP contribution in [0.2, 0.25) is 0 Å². The van der Waals surface area contributed by atoms with Gasteiger partial charge in [-0.2, -0.15) is 0 Å². The zero-order valence-corrected chi connectivity index (χ0v) is 19.4. The van der Waals surface area contributed by atoms with Crippen molar-refractivity contribution in [2.24, 2.45) is 0 Å². The molecule has 0 unspecified atom stereocenters. The van der Waals surface area contributed by atoms with Crippen LogP contribution in [0.25, 0.3) is 0 Å². The van der Waals surface area contributed by atoms with E-state index in [0.717, 1.165) is 18.6 Å². The fourth-order valence-electron chi connectivity index (χ4n) is 2.90. The van der Waals surface area contributed by atoms with Crippen LogP contribution >= 0.6 is 12.2 Å². The number of thiocarbonyl (C=S) groups is 1. The van der Waals surface area contributed by atoms with Gasteiger partial charge in [-0.3, -0.25) is 14.9 Å². The third kappa shape index (κ3) is 8.64. The van der Waals surface area contributed by atoms with Gasteiger partial charge in [0.25, 0.3) is 11.8 Å². The normalized spacial score (nSPS) is 10.3. The molecule has 0 fully saturated rings. The molecule has 0 aliphatic rings. The van der Waals surface area contributed by atoms with E-state index in [1.54, 1.807) is 55.6 Å². The van der Waals surface area contributed by atoms with Crippen LogP contribution < -0.4 is 20.7 Å². The molecule has 0 saturated carbocycles. The maximum absolute atomic E-state index is 12.5. The molecule has 32 heavy (non-hydrogen) atoms. The number of hydrogen-bond donors (Lipinski definition) is 3. The molecule has 0 aromatic heterocycles. The summed E-state index contributed by atoms with van der Waals surface area (Å²) >= 11 is 5.26. The van der Waals surface area contributed by atoms with Gasteiger partial charge in [0.15, 0.2) is 5.11 Å². The van der Waals surface area contributed by atoms with Crippen molar-refractivity contribution in [2.45, 2.75) is 32.6 Å². The minimum absolute atomic E-state index is 0.100. The molecule has 7 nitrogen and oxygen atoms in total. The highest BCUT2D eigenvalue weighted by atomic mass is 32.1. The van der Waals surface area contributed by atoms with Crippen LogP contribution in [-0.2, 0) is 4.74 Å². The highest BCUT2D eigenvalue weighted by Crippen LogP contribution is 2.16. The number of ether oxygens (including phenoxy) is 2. The van der Waals surface area contributed by atoms with Crippen molar-refractivity contribution in [3.05, 3.63) is 59.7 Å². The first kappa shape index (κ1) is 25.3. The average Bonchev–Trinajstić information content (AvgIpc) is 2.79. The van der Waals surface area contributed by atoms with Crippen molar-refractivity contribution in [1.82, 2.24) is 10.6 Å². The molecular weight excluding hydrogens is 426 g/mol. The molecule has 2 amide bonds. The first-order valence-electron chi connectivity index (χ1n) is 10.8. The Labute approximate surface area is 194 Å². The zero-order chi connectivity index (χ0) is 23.2. The van der Waals surface area contributed by atoms with Crippen LogP contribution in [0.1, 0.15) is 53.3 Å². The topological polar surface area (TPSA) is 88.7 Å². The molecule has 0 spiro atoms. The second-order valence-corrected chi connectivity index (χ2v) is 7.54. The van der Waals surface area contributed by atoms with Gasteiger partial charge >= 0.3 is 0 Å². The molecule has 2 aromatic carbocycles. The van der Waals surface area contributed by atoms with E-state index >= 15 is 0 Å². The third-order valence-electron chi connectivity index (χ3n) is 4.62. The second-order valence-electron chi connectivity index (χ2n) is 7.14. The Morgan fingerprint density at radius 2 is 1.69 bits per heavy atom. The molecule has 0 bridgehead atoms. The van der Waals surface area contributed by atoms with Gasteiger partial charge in [-0.15, -0.1) is 0 Å². The van der Waals surface area contributed by atoms with Gasteiger partial charge in [-0.05, 0) is 55.0 Å². The van der Waals surface area contributed by atoms with E-state index in [9.17, 15) is 9.59 Å². The van der Waals surface area contributed by atoms with Gasteiger partial charge in [0.2, 0.25) is 0 Å². The quantitative estimate of drug-likeness (QED) is 0.328. The molecular formula is C24H31N3O4S. The number of benzene rings is 2. The maximum Gasteiger partial charge on any atom is 0.257 e. The van der Waals surface area contributed by atoms with Crippen molar-refractivity contribution in [2.75, 3.05) is 32.2 Å².